The van der Waals surface area contributed by atoms with Gasteiger partial charge in [-0.15, -0.1) is 0 Å². The summed E-state index contributed by atoms with van der Waals surface area (Å²) in [5.41, 5.74) is 2.40. The van der Waals surface area contributed by atoms with Crippen LogP contribution in [0.3, 0.4) is 0 Å². The van der Waals surface area contributed by atoms with Gasteiger partial charge in [-0.3, -0.25) is 9.48 Å². The highest BCUT2D eigenvalue weighted by Gasteiger charge is 2.17. The standard InChI is InChI=1S/C18H25N5O/c1-2-19-12-14-5-3-6-15(11-14)21-18(24)17-8-10-23(22-17)16-7-4-9-20-13-16/h3,5-6,8,10-11,16,19-20H,2,4,7,9,12-13H2,1H3,(H,21,24). The summed E-state index contributed by atoms with van der Waals surface area (Å²) in [6.45, 7) is 5.76. The van der Waals surface area contributed by atoms with E-state index in [0.717, 1.165) is 50.3 Å². The molecular weight excluding hydrogens is 302 g/mol. The van der Waals surface area contributed by atoms with Gasteiger partial charge >= 0.3 is 0 Å². The second kappa shape index (κ2) is 8.08. The molecule has 6 nitrogen and oxygen atoms in total. The predicted octanol–water partition coefficient (Wildman–Crippen LogP) is 2.17. The lowest BCUT2D eigenvalue weighted by atomic mass is 10.1. The van der Waals surface area contributed by atoms with E-state index < -0.39 is 0 Å². The summed E-state index contributed by atoms with van der Waals surface area (Å²) in [4.78, 5) is 12.4. The summed E-state index contributed by atoms with van der Waals surface area (Å²) in [5, 5.41) is 14.0. The van der Waals surface area contributed by atoms with Gasteiger partial charge in [0.2, 0.25) is 0 Å². The monoisotopic (exact) mass is 327 g/mol. The molecule has 2 aromatic rings. The fraction of sp³-hybridized carbons (Fsp3) is 0.444. The van der Waals surface area contributed by atoms with Gasteiger partial charge in [-0.05, 0) is 49.7 Å². The molecule has 3 N–H and O–H groups in total. The Balaban J connectivity index is 1.63. The number of nitrogens with zero attached hydrogens (tertiary/aromatic N) is 2. The van der Waals surface area contributed by atoms with Crippen LogP contribution in [0.25, 0.3) is 0 Å². The normalized spacial score (nSPS) is 17.6. The van der Waals surface area contributed by atoms with Crippen LogP contribution in [0, 0.1) is 0 Å². The second-order valence-corrected chi connectivity index (χ2v) is 6.12. The highest BCUT2D eigenvalue weighted by Crippen LogP contribution is 2.16. The van der Waals surface area contributed by atoms with Crippen LogP contribution in [0.2, 0.25) is 0 Å². The first-order chi connectivity index (χ1) is 11.8. The number of hydrogen-bond donors (Lipinski definition) is 3. The van der Waals surface area contributed by atoms with Crippen LogP contribution in [0.1, 0.15) is 41.9 Å². The highest BCUT2D eigenvalue weighted by molar-refractivity contribution is 6.02. The second-order valence-electron chi connectivity index (χ2n) is 6.12. The van der Waals surface area contributed by atoms with E-state index in [1.165, 1.54) is 0 Å². The quantitative estimate of drug-likeness (QED) is 0.760. The molecule has 1 fully saturated rings. The molecule has 2 heterocycles. The van der Waals surface area contributed by atoms with Crippen LogP contribution in [0.15, 0.2) is 36.5 Å². The van der Waals surface area contributed by atoms with E-state index in [1.807, 2.05) is 35.1 Å². The maximum atomic E-state index is 12.4. The van der Waals surface area contributed by atoms with Gasteiger partial charge in [0.1, 0.15) is 0 Å². The third-order valence-electron chi connectivity index (χ3n) is 4.25. The molecule has 0 spiro atoms. The molecule has 1 aliphatic rings. The maximum absolute atomic E-state index is 12.4. The van der Waals surface area contributed by atoms with Crippen molar-refractivity contribution in [2.24, 2.45) is 0 Å². The summed E-state index contributed by atoms with van der Waals surface area (Å²) < 4.78 is 1.91. The molecule has 0 saturated carbocycles. The molecular formula is C18H25N5O. The molecule has 0 bridgehead atoms. The molecule has 1 unspecified atom stereocenters. The highest BCUT2D eigenvalue weighted by atomic mass is 16.1. The van der Waals surface area contributed by atoms with E-state index in [9.17, 15) is 4.79 Å². The summed E-state index contributed by atoms with van der Waals surface area (Å²) in [6, 6.07) is 10.0. The molecule has 128 valence electrons. The van der Waals surface area contributed by atoms with Crippen LogP contribution in [0.5, 0.6) is 0 Å². The Kier molecular flexibility index (Phi) is 5.61. The molecule has 0 aliphatic carbocycles. The first-order valence-electron chi connectivity index (χ1n) is 8.63. The summed E-state index contributed by atoms with van der Waals surface area (Å²) in [5.74, 6) is -0.168. The molecule has 24 heavy (non-hydrogen) atoms. The topological polar surface area (TPSA) is 71.0 Å². The Morgan fingerprint density at radius 2 is 2.33 bits per heavy atom. The Morgan fingerprint density at radius 3 is 3.12 bits per heavy atom. The summed E-state index contributed by atoms with van der Waals surface area (Å²) in [6.07, 6.45) is 4.14. The number of amides is 1. The lowest BCUT2D eigenvalue weighted by Gasteiger charge is -2.22. The van der Waals surface area contributed by atoms with Crippen molar-refractivity contribution < 1.29 is 4.79 Å². The number of hydrogen-bond acceptors (Lipinski definition) is 4. The average Bonchev–Trinajstić information content (AvgIpc) is 3.11. The Hall–Kier alpha value is -2.18. The third kappa shape index (κ3) is 4.21. The summed E-state index contributed by atoms with van der Waals surface area (Å²) >= 11 is 0. The largest absolute Gasteiger partial charge is 0.321 e. The minimum absolute atomic E-state index is 0.168. The smallest absolute Gasteiger partial charge is 0.276 e. The minimum Gasteiger partial charge on any atom is -0.321 e. The van der Waals surface area contributed by atoms with Crippen LogP contribution in [-0.2, 0) is 6.54 Å². The predicted molar refractivity (Wildman–Crippen MR) is 95.1 cm³/mol. The van der Waals surface area contributed by atoms with Crippen molar-refractivity contribution in [2.45, 2.75) is 32.4 Å². The average molecular weight is 327 g/mol. The van der Waals surface area contributed by atoms with Gasteiger partial charge in [-0.2, -0.15) is 5.10 Å². The van der Waals surface area contributed by atoms with E-state index in [4.69, 9.17) is 0 Å². The molecule has 1 amide bonds. The fourth-order valence-electron chi connectivity index (χ4n) is 2.95. The van der Waals surface area contributed by atoms with E-state index in [1.54, 1.807) is 6.07 Å². The number of aromatic nitrogens is 2. The number of anilines is 1. The zero-order chi connectivity index (χ0) is 16.8. The van der Waals surface area contributed by atoms with E-state index in [-0.39, 0.29) is 5.91 Å². The molecule has 1 atom stereocenters. The summed E-state index contributed by atoms with van der Waals surface area (Å²) in [7, 11) is 0. The fourth-order valence-corrected chi connectivity index (χ4v) is 2.95. The van der Waals surface area contributed by atoms with Gasteiger partial charge in [0.05, 0.1) is 6.04 Å². The lowest BCUT2D eigenvalue weighted by molar-refractivity contribution is 0.102. The molecule has 1 aromatic carbocycles. The molecule has 1 aliphatic heterocycles. The van der Waals surface area contributed by atoms with Crippen molar-refractivity contribution in [3.05, 3.63) is 47.8 Å². The number of benzene rings is 1. The number of carbonyl (C=O) groups is 1. The first-order valence-corrected chi connectivity index (χ1v) is 8.63. The van der Waals surface area contributed by atoms with Gasteiger partial charge in [0.25, 0.3) is 5.91 Å². The Morgan fingerprint density at radius 1 is 1.42 bits per heavy atom. The number of carbonyl (C=O) groups excluding carboxylic acids is 1. The van der Waals surface area contributed by atoms with Crippen molar-refractivity contribution >= 4 is 11.6 Å². The van der Waals surface area contributed by atoms with Crippen molar-refractivity contribution in [3.63, 3.8) is 0 Å². The van der Waals surface area contributed by atoms with Crippen molar-refractivity contribution in [1.82, 2.24) is 20.4 Å². The van der Waals surface area contributed by atoms with Crippen LogP contribution in [0.4, 0.5) is 5.69 Å². The first kappa shape index (κ1) is 16.7. The SMILES string of the molecule is CCNCc1cccc(NC(=O)c2ccn(C3CCCNC3)n2)c1. The molecule has 1 saturated heterocycles. The van der Waals surface area contributed by atoms with Crippen LogP contribution in [-0.4, -0.2) is 35.3 Å². The van der Waals surface area contributed by atoms with E-state index in [2.05, 4.69) is 28.0 Å². The Bertz CT molecular complexity index is 676. The molecule has 6 heteroatoms. The molecule has 1 aromatic heterocycles. The van der Waals surface area contributed by atoms with Gasteiger partial charge < -0.3 is 16.0 Å². The van der Waals surface area contributed by atoms with Crippen LogP contribution >= 0.6 is 0 Å². The van der Waals surface area contributed by atoms with E-state index in [0.29, 0.717) is 11.7 Å². The lowest BCUT2D eigenvalue weighted by Crippen LogP contribution is -2.32. The molecule has 3 rings (SSSR count). The van der Waals surface area contributed by atoms with Gasteiger partial charge in [0.15, 0.2) is 5.69 Å². The number of rotatable bonds is 6. The zero-order valence-electron chi connectivity index (χ0n) is 14.1. The minimum atomic E-state index is -0.168. The molecule has 0 radical (unpaired) electrons. The van der Waals surface area contributed by atoms with E-state index >= 15 is 0 Å². The van der Waals surface area contributed by atoms with Crippen molar-refractivity contribution in [2.75, 3.05) is 25.0 Å². The van der Waals surface area contributed by atoms with Gasteiger partial charge in [-0.1, -0.05) is 19.1 Å². The van der Waals surface area contributed by atoms with Crippen molar-refractivity contribution in [3.8, 4) is 0 Å². The Labute approximate surface area is 142 Å². The van der Waals surface area contributed by atoms with Gasteiger partial charge in [0, 0.05) is 25.0 Å². The zero-order valence-corrected chi connectivity index (χ0v) is 14.1. The van der Waals surface area contributed by atoms with Crippen LogP contribution < -0.4 is 16.0 Å². The van der Waals surface area contributed by atoms with Gasteiger partial charge in [-0.25, -0.2) is 0 Å². The number of nitrogens with one attached hydrogen (secondary N) is 3. The van der Waals surface area contributed by atoms with Crippen molar-refractivity contribution in [1.29, 1.82) is 0 Å². The number of piperidine rings is 1. The third-order valence-corrected chi connectivity index (χ3v) is 4.25. The maximum Gasteiger partial charge on any atom is 0.276 e.